The van der Waals surface area contributed by atoms with Crippen LogP contribution in [0.2, 0.25) is 10.0 Å². The number of rotatable bonds is 7. The van der Waals surface area contributed by atoms with Crippen molar-refractivity contribution in [3.05, 3.63) is 52.5 Å². The molecule has 1 N–H and O–H groups in total. The van der Waals surface area contributed by atoms with Gasteiger partial charge in [-0.15, -0.1) is 10.2 Å². The summed E-state index contributed by atoms with van der Waals surface area (Å²) in [5.41, 5.74) is 1.11. The number of aromatic nitrogens is 3. The quantitative estimate of drug-likeness (QED) is 0.499. The fraction of sp³-hybridized carbons (Fsp3) is 0.211. The van der Waals surface area contributed by atoms with E-state index in [0.29, 0.717) is 22.5 Å². The van der Waals surface area contributed by atoms with Crippen LogP contribution in [0.4, 0.5) is 5.69 Å². The van der Waals surface area contributed by atoms with E-state index in [9.17, 15) is 13.2 Å². The fourth-order valence-corrected chi connectivity index (χ4v) is 4.38. The number of anilines is 1. The molecular weight excluding hydrogens is 467 g/mol. The third-order valence-electron chi connectivity index (χ3n) is 4.11. The third-order valence-corrected chi connectivity index (χ3v) is 6.77. The highest BCUT2D eigenvalue weighted by molar-refractivity contribution is 7.99. The molecule has 1 amide bonds. The number of carbonyl (C=O) groups is 1. The largest absolute Gasteiger partial charge is 0.324 e. The van der Waals surface area contributed by atoms with Crippen molar-refractivity contribution in [2.45, 2.75) is 23.5 Å². The monoisotopic (exact) mass is 484 g/mol. The lowest BCUT2D eigenvalue weighted by atomic mass is 10.2. The predicted octanol–water partition coefficient (Wildman–Crippen LogP) is 4.41. The van der Waals surface area contributed by atoms with Crippen molar-refractivity contribution in [1.29, 1.82) is 0 Å². The first-order valence-electron chi connectivity index (χ1n) is 8.80. The summed E-state index contributed by atoms with van der Waals surface area (Å²) in [6.45, 7) is 2.58. The Hall–Kier alpha value is -2.07. The number of nitrogens with zero attached hydrogens (tertiary/aromatic N) is 3. The summed E-state index contributed by atoms with van der Waals surface area (Å²) in [4.78, 5) is 12.5. The number of halogens is 2. The number of hydrogen-bond acceptors (Lipinski definition) is 6. The van der Waals surface area contributed by atoms with Crippen LogP contribution in [0.3, 0.4) is 0 Å². The van der Waals surface area contributed by atoms with Crippen LogP contribution < -0.4 is 5.32 Å². The number of nitrogens with one attached hydrogen (secondary N) is 1. The minimum Gasteiger partial charge on any atom is -0.324 e. The molecule has 1 heterocycles. The lowest BCUT2D eigenvalue weighted by molar-refractivity contribution is -0.113. The Kier molecular flexibility index (Phi) is 7.07. The number of sulfone groups is 1. The van der Waals surface area contributed by atoms with Gasteiger partial charge in [-0.25, -0.2) is 8.42 Å². The molecular formula is C19H18Cl2N4O3S2. The Morgan fingerprint density at radius 2 is 1.83 bits per heavy atom. The molecule has 0 saturated carbocycles. The van der Waals surface area contributed by atoms with Crippen LogP contribution in [0, 0.1) is 0 Å². The van der Waals surface area contributed by atoms with Gasteiger partial charge in [0.1, 0.15) is 0 Å². The first kappa shape index (κ1) is 22.6. The molecule has 0 bridgehead atoms. The Labute approximate surface area is 188 Å². The second-order valence-electron chi connectivity index (χ2n) is 6.31. The van der Waals surface area contributed by atoms with Gasteiger partial charge in [-0.3, -0.25) is 4.79 Å². The standard InChI is InChI=1S/C19H18Cl2N4O3S2/c1-3-25-18(12-4-6-13(20)7-5-12)23-24-19(25)29-11-17(26)22-16-10-14(30(2,27)28)8-9-15(16)21/h4-10H,3,11H2,1-2H3,(H,22,26). The topological polar surface area (TPSA) is 94.0 Å². The van der Waals surface area contributed by atoms with E-state index in [2.05, 4.69) is 15.5 Å². The maximum Gasteiger partial charge on any atom is 0.234 e. The van der Waals surface area contributed by atoms with Gasteiger partial charge in [-0.2, -0.15) is 0 Å². The number of amides is 1. The molecule has 0 fully saturated rings. The van der Waals surface area contributed by atoms with Crippen molar-refractivity contribution in [2.75, 3.05) is 17.3 Å². The molecule has 0 spiro atoms. The van der Waals surface area contributed by atoms with E-state index in [1.165, 1.54) is 30.0 Å². The Bertz CT molecular complexity index is 1180. The zero-order chi connectivity index (χ0) is 21.9. The lowest BCUT2D eigenvalue weighted by Gasteiger charge is -2.10. The van der Waals surface area contributed by atoms with Crippen LogP contribution in [0.15, 0.2) is 52.5 Å². The molecule has 0 aliphatic carbocycles. The normalized spacial score (nSPS) is 11.5. The summed E-state index contributed by atoms with van der Waals surface area (Å²) in [5.74, 6) is 0.394. The summed E-state index contributed by atoms with van der Waals surface area (Å²) < 4.78 is 25.3. The molecule has 2 aromatic carbocycles. The summed E-state index contributed by atoms with van der Waals surface area (Å²) in [6, 6.07) is 11.4. The summed E-state index contributed by atoms with van der Waals surface area (Å²) >= 11 is 13.2. The number of carbonyl (C=O) groups excluding carboxylic acids is 1. The van der Waals surface area contributed by atoms with E-state index in [4.69, 9.17) is 23.2 Å². The summed E-state index contributed by atoms with van der Waals surface area (Å²) in [6.07, 6.45) is 1.09. The van der Waals surface area contributed by atoms with Gasteiger partial charge in [0.25, 0.3) is 0 Å². The SMILES string of the molecule is CCn1c(SCC(=O)Nc2cc(S(C)(=O)=O)ccc2Cl)nnc1-c1ccc(Cl)cc1. The Morgan fingerprint density at radius 3 is 2.47 bits per heavy atom. The zero-order valence-corrected chi connectivity index (χ0v) is 19.2. The average Bonchev–Trinajstić information content (AvgIpc) is 3.10. The van der Waals surface area contributed by atoms with Crippen LogP contribution >= 0.6 is 35.0 Å². The average molecular weight is 485 g/mol. The second kappa shape index (κ2) is 9.38. The molecule has 0 unspecified atom stereocenters. The minimum atomic E-state index is -3.41. The highest BCUT2D eigenvalue weighted by Gasteiger charge is 2.16. The number of thioether (sulfide) groups is 1. The van der Waals surface area contributed by atoms with Gasteiger partial charge in [-0.1, -0.05) is 35.0 Å². The first-order chi connectivity index (χ1) is 14.2. The van der Waals surface area contributed by atoms with Crippen molar-refractivity contribution >= 4 is 56.4 Å². The van der Waals surface area contributed by atoms with Crippen molar-refractivity contribution in [3.8, 4) is 11.4 Å². The van der Waals surface area contributed by atoms with Gasteiger partial charge in [0.2, 0.25) is 5.91 Å². The molecule has 0 aliphatic rings. The lowest BCUT2D eigenvalue weighted by Crippen LogP contribution is -2.15. The first-order valence-corrected chi connectivity index (χ1v) is 12.4. The van der Waals surface area contributed by atoms with Gasteiger partial charge >= 0.3 is 0 Å². The highest BCUT2D eigenvalue weighted by atomic mass is 35.5. The van der Waals surface area contributed by atoms with E-state index >= 15 is 0 Å². The molecule has 3 rings (SSSR count). The molecule has 7 nitrogen and oxygen atoms in total. The number of hydrogen-bond donors (Lipinski definition) is 1. The number of benzene rings is 2. The van der Waals surface area contributed by atoms with Gasteiger partial charge in [0.05, 0.1) is 21.4 Å². The molecule has 0 saturated heterocycles. The Morgan fingerprint density at radius 1 is 1.13 bits per heavy atom. The van der Waals surface area contributed by atoms with E-state index in [-0.39, 0.29) is 27.3 Å². The van der Waals surface area contributed by atoms with Crippen molar-refractivity contribution in [1.82, 2.24) is 14.8 Å². The maximum absolute atomic E-state index is 12.4. The molecule has 1 aromatic heterocycles. The molecule has 0 radical (unpaired) electrons. The molecule has 158 valence electrons. The van der Waals surface area contributed by atoms with E-state index in [1.54, 1.807) is 12.1 Å². The van der Waals surface area contributed by atoms with Gasteiger partial charge in [-0.05, 0) is 49.4 Å². The Balaban J connectivity index is 1.72. The molecule has 0 aliphatic heterocycles. The van der Waals surface area contributed by atoms with Gasteiger partial charge < -0.3 is 9.88 Å². The molecule has 0 atom stereocenters. The highest BCUT2D eigenvalue weighted by Crippen LogP contribution is 2.27. The van der Waals surface area contributed by atoms with Crippen LogP contribution in [0.1, 0.15) is 6.92 Å². The van der Waals surface area contributed by atoms with E-state index in [1.807, 2.05) is 23.6 Å². The van der Waals surface area contributed by atoms with Gasteiger partial charge in [0, 0.05) is 23.4 Å². The minimum absolute atomic E-state index is 0.0538. The van der Waals surface area contributed by atoms with Gasteiger partial charge in [0.15, 0.2) is 20.8 Å². The van der Waals surface area contributed by atoms with Crippen molar-refractivity contribution in [3.63, 3.8) is 0 Å². The van der Waals surface area contributed by atoms with Crippen LogP contribution in [0.25, 0.3) is 11.4 Å². The molecule has 30 heavy (non-hydrogen) atoms. The zero-order valence-electron chi connectivity index (χ0n) is 16.1. The predicted molar refractivity (Wildman–Crippen MR) is 120 cm³/mol. The van der Waals surface area contributed by atoms with Crippen LogP contribution in [-0.2, 0) is 21.2 Å². The van der Waals surface area contributed by atoms with Crippen molar-refractivity contribution in [2.24, 2.45) is 0 Å². The summed E-state index contributed by atoms with van der Waals surface area (Å²) in [7, 11) is -3.41. The molecule has 11 heteroatoms. The third kappa shape index (κ3) is 5.34. The van der Waals surface area contributed by atoms with E-state index in [0.717, 1.165) is 11.8 Å². The van der Waals surface area contributed by atoms with E-state index < -0.39 is 9.84 Å². The summed E-state index contributed by atoms with van der Waals surface area (Å²) in [5, 5.41) is 12.5. The van der Waals surface area contributed by atoms with Crippen LogP contribution in [0.5, 0.6) is 0 Å². The van der Waals surface area contributed by atoms with Crippen molar-refractivity contribution < 1.29 is 13.2 Å². The fourth-order valence-electron chi connectivity index (χ4n) is 2.64. The maximum atomic E-state index is 12.4. The second-order valence-corrected chi connectivity index (χ2v) is 10.1. The molecule has 3 aromatic rings. The smallest absolute Gasteiger partial charge is 0.234 e. The van der Waals surface area contributed by atoms with Crippen LogP contribution in [-0.4, -0.2) is 41.1 Å².